The van der Waals surface area contributed by atoms with Crippen molar-refractivity contribution in [2.45, 2.75) is 12.3 Å². The number of alkyl halides is 3. The predicted molar refractivity (Wildman–Crippen MR) is 47.4 cm³/mol. The van der Waals surface area contributed by atoms with Crippen LogP contribution in [0.15, 0.2) is 6.07 Å². The van der Waals surface area contributed by atoms with Crippen molar-refractivity contribution >= 4 is 11.7 Å². The number of halogens is 3. The minimum Gasteiger partial charge on any atom is -0.382 e. The summed E-state index contributed by atoms with van der Waals surface area (Å²) in [6, 6.07) is 1.16. The number of aromatic nitrogens is 2. The summed E-state index contributed by atoms with van der Waals surface area (Å²) < 4.78 is 35.6. The molecule has 9 heteroatoms. The number of carbonyl (C=O) groups excluding carboxylic acids is 1. The SMILES string of the molecule is Nc1cc(C(=O)NCC(O)C(F)(F)F)[nH]n1. The average molecular weight is 238 g/mol. The van der Waals surface area contributed by atoms with Gasteiger partial charge in [-0.05, 0) is 0 Å². The van der Waals surface area contributed by atoms with Crippen LogP contribution < -0.4 is 11.1 Å². The van der Waals surface area contributed by atoms with Gasteiger partial charge in [0, 0.05) is 6.07 Å². The van der Waals surface area contributed by atoms with Crippen LogP contribution in [0.25, 0.3) is 0 Å². The fourth-order valence-electron chi connectivity index (χ4n) is 0.854. The van der Waals surface area contributed by atoms with E-state index in [2.05, 4.69) is 10.2 Å². The van der Waals surface area contributed by atoms with E-state index in [0.29, 0.717) is 0 Å². The Hall–Kier alpha value is -1.77. The number of carbonyl (C=O) groups is 1. The van der Waals surface area contributed by atoms with Gasteiger partial charge in [0.25, 0.3) is 5.91 Å². The summed E-state index contributed by atoms with van der Waals surface area (Å²) in [7, 11) is 0. The molecule has 1 aromatic heterocycles. The molecule has 90 valence electrons. The van der Waals surface area contributed by atoms with Crippen molar-refractivity contribution in [3.05, 3.63) is 11.8 Å². The lowest BCUT2D eigenvalue weighted by molar-refractivity contribution is -0.201. The van der Waals surface area contributed by atoms with Crippen LogP contribution in [0.2, 0.25) is 0 Å². The molecular formula is C7H9F3N4O2. The van der Waals surface area contributed by atoms with Crippen LogP contribution in [0.1, 0.15) is 10.5 Å². The molecule has 1 amide bonds. The number of aliphatic hydroxyl groups is 1. The molecule has 0 aliphatic rings. The molecule has 0 spiro atoms. The molecule has 5 N–H and O–H groups in total. The summed E-state index contributed by atoms with van der Waals surface area (Å²) in [5.41, 5.74) is 5.11. The minimum absolute atomic E-state index is 0.0431. The number of rotatable bonds is 3. The summed E-state index contributed by atoms with van der Waals surface area (Å²) in [5.74, 6) is -0.783. The quantitative estimate of drug-likeness (QED) is 0.577. The summed E-state index contributed by atoms with van der Waals surface area (Å²) in [5, 5.41) is 16.1. The topological polar surface area (TPSA) is 104 Å². The van der Waals surface area contributed by atoms with Gasteiger partial charge in [-0.1, -0.05) is 0 Å². The van der Waals surface area contributed by atoms with E-state index in [1.807, 2.05) is 5.32 Å². The van der Waals surface area contributed by atoms with Gasteiger partial charge in [0.1, 0.15) is 11.5 Å². The van der Waals surface area contributed by atoms with E-state index >= 15 is 0 Å². The molecule has 6 nitrogen and oxygen atoms in total. The smallest absolute Gasteiger partial charge is 0.382 e. The van der Waals surface area contributed by atoms with E-state index < -0.39 is 24.7 Å². The molecular weight excluding hydrogens is 229 g/mol. The maximum absolute atomic E-state index is 11.9. The van der Waals surface area contributed by atoms with Crippen LogP contribution in [0.4, 0.5) is 19.0 Å². The lowest BCUT2D eigenvalue weighted by Gasteiger charge is -2.14. The van der Waals surface area contributed by atoms with E-state index in [9.17, 15) is 18.0 Å². The number of amides is 1. The number of nitrogen functional groups attached to an aromatic ring is 1. The fraction of sp³-hybridized carbons (Fsp3) is 0.429. The Balaban J connectivity index is 2.48. The third-order valence-electron chi connectivity index (χ3n) is 1.68. The Morgan fingerprint density at radius 3 is 2.75 bits per heavy atom. The number of hydrogen-bond acceptors (Lipinski definition) is 4. The van der Waals surface area contributed by atoms with Gasteiger partial charge in [-0.15, -0.1) is 0 Å². The van der Waals surface area contributed by atoms with Crippen molar-refractivity contribution in [1.82, 2.24) is 15.5 Å². The second-order valence-corrected chi connectivity index (χ2v) is 2.97. The maximum atomic E-state index is 11.9. The summed E-state index contributed by atoms with van der Waals surface area (Å²) in [4.78, 5) is 11.2. The van der Waals surface area contributed by atoms with Gasteiger partial charge in [-0.2, -0.15) is 18.3 Å². The number of nitrogens with two attached hydrogens (primary N) is 1. The average Bonchev–Trinajstić information content (AvgIpc) is 2.59. The van der Waals surface area contributed by atoms with Crippen molar-refractivity contribution in [2.24, 2.45) is 0 Å². The Bertz CT molecular complexity index is 376. The molecule has 0 aliphatic heterocycles. The number of H-pyrrole nitrogens is 1. The Labute approximate surface area is 87.6 Å². The summed E-state index contributed by atoms with van der Waals surface area (Å²) in [6.45, 7) is -0.929. The van der Waals surface area contributed by atoms with Crippen LogP contribution in [-0.4, -0.2) is 40.0 Å². The first-order chi connectivity index (χ1) is 7.30. The monoisotopic (exact) mass is 238 g/mol. The van der Waals surface area contributed by atoms with Gasteiger partial charge in [0.2, 0.25) is 0 Å². The lowest BCUT2D eigenvalue weighted by atomic mass is 10.3. The van der Waals surface area contributed by atoms with Crippen molar-refractivity contribution in [2.75, 3.05) is 12.3 Å². The molecule has 0 saturated carbocycles. The van der Waals surface area contributed by atoms with Crippen LogP contribution in [-0.2, 0) is 0 Å². The van der Waals surface area contributed by atoms with Crippen LogP contribution in [0.5, 0.6) is 0 Å². The molecule has 0 radical (unpaired) electrons. The predicted octanol–water partition coefficient (Wildman–Crippen LogP) is -0.355. The molecule has 1 atom stereocenters. The zero-order valence-electron chi connectivity index (χ0n) is 7.88. The second kappa shape index (κ2) is 4.39. The lowest BCUT2D eigenvalue weighted by Crippen LogP contribution is -2.40. The zero-order valence-corrected chi connectivity index (χ0v) is 7.88. The highest BCUT2D eigenvalue weighted by Crippen LogP contribution is 2.19. The summed E-state index contributed by atoms with van der Waals surface area (Å²) in [6.07, 6.45) is -7.36. The van der Waals surface area contributed by atoms with E-state index in [-0.39, 0.29) is 11.5 Å². The van der Waals surface area contributed by atoms with Gasteiger partial charge in [-0.25, -0.2) is 0 Å². The van der Waals surface area contributed by atoms with E-state index in [1.165, 1.54) is 0 Å². The first kappa shape index (κ1) is 12.3. The molecule has 1 unspecified atom stereocenters. The van der Waals surface area contributed by atoms with Crippen molar-refractivity contribution in [1.29, 1.82) is 0 Å². The first-order valence-corrected chi connectivity index (χ1v) is 4.14. The normalized spacial score (nSPS) is 13.5. The standard InChI is InChI=1S/C7H9F3N4O2/c8-7(9,10)4(15)2-12-6(16)3-1-5(11)14-13-3/h1,4,15H,2H2,(H,12,16)(H3,11,13,14). The van der Waals surface area contributed by atoms with E-state index in [1.54, 1.807) is 0 Å². The van der Waals surface area contributed by atoms with Crippen LogP contribution >= 0.6 is 0 Å². The van der Waals surface area contributed by atoms with Crippen molar-refractivity contribution in [3.63, 3.8) is 0 Å². The number of anilines is 1. The van der Waals surface area contributed by atoms with Crippen LogP contribution in [0, 0.1) is 0 Å². The minimum atomic E-state index is -4.76. The Kier molecular flexibility index (Phi) is 3.38. The number of nitrogens with zero attached hydrogens (tertiary/aromatic N) is 1. The molecule has 0 aliphatic carbocycles. The largest absolute Gasteiger partial charge is 0.416 e. The molecule has 1 rings (SSSR count). The number of nitrogens with one attached hydrogen (secondary N) is 2. The fourth-order valence-corrected chi connectivity index (χ4v) is 0.854. The van der Waals surface area contributed by atoms with Gasteiger partial charge in [0.15, 0.2) is 6.10 Å². The molecule has 0 aromatic carbocycles. The van der Waals surface area contributed by atoms with Gasteiger partial charge < -0.3 is 16.2 Å². The second-order valence-electron chi connectivity index (χ2n) is 2.97. The highest BCUT2D eigenvalue weighted by atomic mass is 19.4. The van der Waals surface area contributed by atoms with E-state index in [0.717, 1.165) is 6.07 Å². The third-order valence-corrected chi connectivity index (χ3v) is 1.68. The first-order valence-electron chi connectivity index (χ1n) is 4.14. The van der Waals surface area contributed by atoms with E-state index in [4.69, 9.17) is 10.8 Å². The van der Waals surface area contributed by atoms with Crippen molar-refractivity contribution < 1.29 is 23.1 Å². The number of hydrogen-bond donors (Lipinski definition) is 4. The zero-order chi connectivity index (χ0) is 12.3. The molecule has 0 bridgehead atoms. The highest BCUT2D eigenvalue weighted by molar-refractivity contribution is 5.92. The maximum Gasteiger partial charge on any atom is 0.416 e. The third kappa shape index (κ3) is 3.12. The number of aromatic amines is 1. The molecule has 0 fully saturated rings. The molecule has 0 saturated heterocycles. The molecule has 16 heavy (non-hydrogen) atoms. The molecule has 1 heterocycles. The Morgan fingerprint density at radius 2 is 2.31 bits per heavy atom. The molecule has 1 aromatic rings. The van der Waals surface area contributed by atoms with Crippen molar-refractivity contribution in [3.8, 4) is 0 Å². The highest BCUT2D eigenvalue weighted by Gasteiger charge is 2.38. The summed E-state index contributed by atoms with van der Waals surface area (Å²) >= 11 is 0. The van der Waals surface area contributed by atoms with Gasteiger partial charge in [-0.3, -0.25) is 9.89 Å². The van der Waals surface area contributed by atoms with Gasteiger partial charge in [0.05, 0.1) is 6.54 Å². The number of aliphatic hydroxyl groups excluding tert-OH is 1. The van der Waals surface area contributed by atoms with Gasteiger partial charge >= 0.3 is 6.18 Å². The van der Waals surface area contributed by atoms with Crippen LogP contribution in [0.3, 0.4) is 0 Å². The Morgan fingerprint density at radius 1 is 1.69 bits per heavy atom.